The summed E-state index contributed by atoms with van der Waals surface area (Å²) in [6, 6.07) is 14.8. The predicted molar refractivity (Wildman–Crippen MR) is 162 cm³/mol. The fourth-order valence-corrected chi connectivity index (χ4v) is 7.30. The number of para-hydroxylation sites is 1. The minimum Gasteiger partial charge on any atom is -0.462 e. The first kappa shape index (κ1) is 28.3. The van der Waals surface area contributed by atoms with Gasteiger partial charge in [-0.1, -0.05) is 29.8 Å². The molecule has 0 bridgehead atoms. The van der Waals surface area contributed by atoms with Crippen molar-refractivity contribution in [3.8, 4) is 0 Å². The second-order valence-electron chi connectivity index (χ2n) is 9.50. The van der Waals surface area contributed by atoms with Gasteiger partial charge in [0.2, 0.25) is 5.91 Å². The van der Waals surface area contributed by atoms with Gasteiger partial charge >= 0.3 is 5.97 Å². The van der Waals surface area contributed by atoms with Crippen molar-refractivity contribution in [1.82, 2.24) is 9.88 Å². The number of halogens is 1. The van der Waals surface area contributed by atoms with E-state index < -0.39 is 5.25 Å². The third kappa shape index (κ3) is 6.06. The van der Waals surface area contributed by atoms with Crippen LogP contribution in [0, 0.1) is 0 Å². The molecule has 1 atom stereocenters. The summed E-state index contributed by atoms with van der Waals surface area (Å²) in [5.41, 5.74) is 3.12. The molecule has 0 saturated heterocycles. The Kier molecular flexibility index (Phi) is 8.83. The zero-order chi connectivity index (χ0) is 28.2. The predicted octanol–water partition coefficient (Wildman–Crippen LogP) is 6.57. The molecule has 4 aromatic rings. The maximum absolute atomic E-state index is 13.3. The van der Waals surface area contributed by atoms with Crippen molar-refractivity contribution in [3.05, 3.63) is 81.3 Å². The minimum atomic E-state index is -0.407. The highest BCUT2D eigenvalue weighted by atomic mass is 35.5. The Hall–Kier alpha value is -3.27. The average molecular weight is 596 g/mol. The van der Waals surface area contributed by atoms with Crippen molar-refractivity contribution in [1.29, 1.82) is 0 Å². The molecule has 2 heterocycles. The first-order chi connectivity index (χ1) is 19.4. The normalized spacial score (nSPS) is 13.2. The van der Waals surface area contributed by atoms with Gasteiger partial charge in [0.1, 0.15) is 5.00 Å². The van der Waals surface area contributed by atoms with Gasteiger partial charge in [-0.25, -0.2) is 4.79 Å². The number of hydrogen-bond acceptors (Lipinski definition) is 6. The van der Waals surface area contributed by atoms with Gasteiger partial charge in [0, 0.05) is 50.5 Å². The Morgan fingerprint density at radius 3 is 2.67 bits per heavy atom. The number of benzene rings is 2. The van der Waals surface area contributed by atoms with E-state index in [4.69, 9.17) is 16.3 Å². The Morgan fingerprint density at radius 1 is 1.12 bits per heavy atom. The number of nitrogens with zero attached hydrogens (tertiary/aromatic N) is 1. The molecule has 1 aliphatic rings. The maximum atomic E-state index is 13.3. The van der Waals surface area contributed by atoms with Crippen molar-refractivity contribution < 1.29 is 19.1 Å². The van der Waals surface area contributed by atoms with Crippen LogP contribution < -0.4 is 10.6 Å². The lowest BCUT2D eigenvalue weighted by molar-refractivity contribution is -0.115. The van der Waals surface area contributed by atoms with Crippen LogP contribution in [0.15, 0.2) is 59.6 Å². The molecule has 2 aromatic heterocycles. The van der Waals surface area contributed by atoms with Crippen LogP contribution in [0.25, 0.3) is 10.9 Å². The fraction of sp³-hybridized carbons (Fsp3) is 0.300. The van der Waals surface area contributed by atoms with E-state index in [1.807, 2.05) is 37.4 Å². The number of amides is 2. The molecule has 2 amide bonds. The van der Waals surface area contributed by atoms with E-state index in [0.29, 0.717) is 34.2 Å². The summed E-state index contributed by atoms with van der Waals surface area (Å²) < 4.78 is 7.38. The molecule has 10 heteroatoms. The number of carbonyl (C=O) groups excluding carboxylic acids is 3. The molecule has 0 radical (unpaired) electrons. The second kappa shape index (κ2) is 12.5. The van der Waals surface area contributed by atoms with Gasteiger partial charge in [0.25, 0.3) is 5.91 Å². The number of hydrogen-bond donors (Lipinski definition) is 2. The van der Waals surface area contributed by atoms with Crippen LogP contribution in [0.2, 0.25) is 5.02 Å². The van der Waals surface area contributed by atoms with Crippen molar-refractivity contribution >= 4 is 68.4 Å². The highest BCUT2D eigenvalue weighted by Crippen LogP contribution is 2.40. The third-order valence-corrected chi connectivity index (χ3v) is 9.41. The highest BCUT2D eigenvalue weighted by molar-refractivity contribution is 8.00. The van der Waals surface area contributed by atoms with E-state index in [-0.39, 0.29) is 24.4 Å². The fourth-order valence-electron chi connectivity index (χ4n) is 4.85. The van der Waals surface area contributed by atoms with Crippen LogP contribution in [-0.2, 0) is 28.9 Å². The summed E-state index contributed by atoms with van der Waals surface area (Å²) in [7, 11) is 0. The monoisotopic (exact) mass is 595 g/mol. The van der Waals surface area contributed by atoms with Crippen LogP contribution in [0.3, 0.4) is 0 Å². The molecule has 208 valence electrons. The smallest absolute Gasteiger partial charge is 0.341 e. The van der Waals surface area contributed by atoms with Gasteiger partial charge < -0.3 is 19.9 Å². The standard InChI is InChI=1S/C30H30ClN3O4S2/c1-3-38-30(37)26-22-8-6-10-24(22)40-29(26)33-27(35)18(2)39-25-17-34(23-9-5-4-7-21(23)25)16-15-32-28(36)19-11-13-20(31)14-12-19/h4-5,7,9,11-14,17-18H,3,6,8,10,15-16H2,1-2H3,(H,32,36)(H,33,35). The summed E-state index contributed by atoms with van der Waals surface area (Å²) >= 11 is 8.88. The SMILES string of the molecule is CCOC(=O)c1c(NC(=O)C(C)Sc2cn(CCNC(=O)c3ccc(Cl)cc3)c3ccccc23)sc2c1CCC2. The molecule has 2 aromatic carbocycles. The number of rotatable bonds is 10. The van der Waals surface area contributed by atoms with Crippen LogP contribution >= 0.6 is 34.7 Å². The Morgan fingerprint density at radius 2 is 1.90 bits per heavy atom. The number of esters is 1. The quantitative estimate of drug-likeness (QED) is 0.160. The molecule has 1 unspecified atom stereocenters. The Balaban J connectivity index is 1.27. The molecule has 1 aliphatic carbocycles. The van der Waals surface area contributed by atoms with E-state index in [2.05, 4.69) is 15.2 Å². The zero-order valence-corrected chi connectivity index (χ0v) is 24.7. The number of aromatic nitrogens is 1. The number of anilines is 1. The first-order valence-corrected chi connectivity index (χ1v) is 15.3. The van der Waals surface area contributed by atoms with E-state index in [9.17, 15) is 14.4 Å². The first-order valence-electron chi connectivity index (χ1n) is 13.3. The van der Waals surface area contributed by atoms with E-state index in [1.54, 1.807) is 31.2 Å². The average Bonchev–Trinajstić information content (AvgIpc) is 3.62. The van der Waals surface area contributed by atoms with Crippen LogP contribution in [0.4, 0.5) is 5.00 Å². The number of aryl methyl sites for hydroxylation is 1. The van der Waals surface area contributed by atoms with Crippen molar-refractivity contribution in [3.63, 3.8) is 0 Å². The van der Waals surface area contributed by atoms with Gasteiger partial charge in [0.05, 0.1) is 17.4 Å². The Bertz CT molecular complexity index is 1560. The topological polar surface area (TPSA) is 89.4 Å². The lowest BCUT2D eigenvalue weighted by atomic mass is 10.1. The van der Waals surface area contributed by atoms with Gasteiger partial charge in [-0.05, 0) is 69.0 Å². The molecule has 0 fully saturated rings. The minimum absolute atomic E-state index is 0.158. The molecule has 40 heavy (non-hydrogen) atoms. The third-order valence-electron chi connectivity index (χ3n) is 6.81. The van der Waals surface area contributed by atoms with Gasteiger partial charge in [-0.2, -0.15) is 0 Å². The molecule has 2 N–H and O–H groups in total. The molecule has 0 spiro atoms. The molecule has 5 rings (SSSR count). The summed E-state index contributed by atoms with van der Waals surface area (Å²) in [5, 5.41) is 7.77. The Labute approximate surface area is 246 Å². The zero-order valence-electron chi connectivity index (χ0n) is 22.3. The van der Waals surface area contributed by atoms with E-state index >= 15 is 0 Å². The van der Waals surface area contributed by atoms with Gasteiger partial charge in [0.15, 0.2) is 0 Å². The molecule has 0 aliphatic heterocycles. The molecule has 7 nitrogen and oxygen atoms in total. The van der Waals surface area contributed by atoms with Crippen molar-refractivity contribution in [2.45, 2.75) is 49.8 Å². The van der Waals surface area contributed by atoms with Crippen LogP contribution in [0.1, 0.15) is 51.4 Å². The molecular weight excluding hydrogens is 566 g/mol. The van der Waals surface area contributed by atoms with E-state index in [1.165, 1.54) is 23.1 Å². The summed E-state index contributed by atoms with van der Waals surface area (Å²) in [5.74, 6) is -0.693. The van der Waals surface area contributed by atoms with Gasteiger partial charge in [-0.3, -0.25) is 9.59 Å². The summed E-state index contributed by atoms with van der Waals surface area (Å²) in [4.78, 5) is 40.6. The van der Waals surface area contributed by atoms with Crippen LogP contribution in [-0.4, -0.2) is 40.8 Å². The summed E-state index contributed by atoms with van der Waals surface area (Å²) in [6.45, 7) is 4.96. The lowest BCUT2D eigenvalue weighted by Gasteiger charge is -2.12. The van der Waals surface area contributed by atoms with E-state index in [0.717, 1.165) is 45.5 Å². The number of nitrogens with one attached hydrogen (secondary N) is 2. The van der Waals surface area contributed by atoms with Gasteiger partial charge in [-0.15, -0.1) is 23.1 Å². The second-order valence-corrected chi connectivity index (χ2v) is 12.4. The highest BCUT2D eigenvalue weighted by Gasteiger charge is 2.29. The number of carbonyl (C=O) groups is 3. The molecule has 0 saturated carbocycles. The molecular formula is C30H30ClN3O4S2. The van der Waals surface area contributed by atoms with Crippen molar-refractivity contribution in [2.24, 2.45) is 0 Å². The van der Waals surface area contributed by atoms with Crippen molar-refractivity contribution in [2.75, 3.05) is 18.5 Å². The number of fused-ring (bicyclic) bond motifs is 2. The maximum Gasteiger partial charge on any atom is 0.341 e. The van der Waals surface area contributed by atoms with Crippen LogP contribution in [0.5, 0.6) is 0 Å². The lowest BCUT2D eigenvalue weighted by Crippen LogP contribution is -2.27. The summed E-state index contributed by atoms with van der Waals surface area (Å²) in [6.07, 6.45) is 4.80. The number of ether oxygens (including phenoxy) is 1. The number of thioether (sulfide) groups is 1. The largest absolute Gasteiger partial charge is 0.462 e. The number of thiophene rings is 1.